The zero-order chi connectivity index (χ0) is 14.0. The van der Waals surface area contributed by atoms with Gasteiger partial charge in [0, 0.05) is 32.8 Å². The Bertz CT molecular complexity index is 438. The van der Waals surface area contributed by atoms with Crippen molar-refractivity contribution in [2.24, 2.45) is 11.7 Å². The second-order valence-electron chi connectivity index (χ2n) is 5.28. The number of carbonyl (C=O) groups is 1. The first-order chi connectivity index (χ1) is 9.02. The van der Waals surface area contributed by atoms with Gasteiger partial charge in [0.15, 0.2) is 0 Å². The van der Waals surface area contributed by atoms with Crippen molar-refractivity contribution in [1.29, 1.82) is 0 Å². The zero-order valence-electron chi connectivity index (χ0n) is 11.7. The molecule has 0 radical (unpaired) electrons. The van der Waals surface area contributed by atoms with Gasteiger partial charge < -0.3 is 19.9 Å². The predicted octanol–water partition coefficient (Wildman–Crippen LogP) is 0.569. The fourth-order valence-corrected chi connectivity index (χ4v) is 2.47. The zero-order valence-corrected chi connectivity index (χ0v) is 11.7. The molecule has 2 rings (SSSR count). The van der Waals surface area contributed by atoms with Crippen molar-refractivity contribution in [2.75, 3.05) is 27.3 Å². The average molecular weight is 266 g/mol. The molecular formula is C13H22N4O2. The molecule has 1 aliphatic heterocycles. The molecule has 6 heteroatoms. The Labute approximate surface area is 113 Å². The fourth-order valence-electron chi connectivity index (χ4n) is 2.47. The first-order valence-corrected chi connectivity index (χ1v) is 6.58. The molecule has 3 unspecified atom stereocenters. The highest BCUT2D eigenvalue weighted by Crippen LogP contribution is 2.28. The molecule has 0 aliphatic carbocycles. The predicted molar refractivity (Wildman–Crippen MR) is 71.5 cm³/mol. The molecule has 1 fully saturated rings. The number of likely N-dealkylation sites (N-methyl/N-ethyl adjacent to an activating group) is 1. The highest BCUT2D eigenvalue weighted by atomic mass is 16.5. The van der Waals surface area contributed by atoms with E-state index in [9.17, 15) is 4.79 Å². The molecule has 3 atom stereocenters. The largest absolute Gasteiger partial charge is 0.381 e. The third-order valence-corrected chi connectivity index (χ3v) is 3.73. The maximum absolute atomic E-state index is 12.0. The molecule has 1 saturated heterocycles. The van der Waals surface area contributed by atoms with Gasteiger partial charge in [-0.1, -0.05) is 0 Å². The Kier molecular flexibility index (Phi) is 4.21. The maximum atomic E-state index is 12.0. The van der Waals surface area contributed by atoms with Crippen LogP contribution in [0.3, 0.4) is 0 Å². The molecule has 1 amide bonds. The lowest BCUT2D eigenvalue weighted by Crippen LogP contribution is -2.32. The second kappa shape index (κ2) is 5.71. The number of amides is 1. The number of hydrogen-bond donors (Lipinski definition) is 1. The molecule has 19 heavy (non-hydrogen) atoms. The van der Waals surface area contributed by atoms with Crippen LogP contribution in [0.4, 0.5) is 0 Å². The first-order valence-electron chi connectivity index (χ1n) is 6.58. The molecule has 6 nitrogen and oxygen atoms in total. The summed E-state index contributed by atoms with van der Waals surface area (Å²) in [5.41, 5.74) is 7.19. The monoisotopic (exact) mass is 266 g/mol. The van der Waals surface area contributed by atoms with E-state index in [1.54, 1.807) is 31.5 Å². The van der Waals surface area contributed by atoms with Gasteiger partial charge in [-0.25, -0.2) is 4.98 Å². The summed E-state index contributed by atoms with van der Waals surface area (Å²) in [6.45, 7) is 3.31. The van der Waals surface area contributed by atoms with Crippen molar-refractivity contribution < 1.29 is 9.53 Å². The smallest absolute Gasteiger partial charge is 0.244 e. The number of nitrogens with two attached hydrogens (primary N) is 1. The lowest BCUT2D eigenvalue weighted by Gasteiger charge is -2.24. The number of ether oxygens (including phenoxy) is 1. The number of carbonyl (C=O) groups excluding carboxylic acids is 1. The van der Waals surface area contributed by atoms with Gasteiger partial charge in [0.25, 0.3) is 0 Å². The quantitative estimate of drug-likeness (QED) is 0.864. The van der Waals surface area contributed by atoms with Crippen LogP contribution in [0.15, 0.2) is 12.5 Å². The Morgan fingerprint density at radius 3 is 2.95 bits per heavy atom. The topological polar surface area (TPSA) is 73.4 Å². The minimum atomic E-state index is -0.291. The van der Waals surface area contributed by atoms with E-state index in [1.807, 2.05) is 11.5 Å². The Balaban J connectivity index is 2.19. The molecule has 106 valence electrons. The Morgan fingerprint density at radius 2 is 2.37 bits per heavy atom. The van der Waals surface area contributed by atoms with Crippen molar-refractivity contribution in [3.63, 3.8) is 0 Å². The van der Waals surface area contributed by atoms with Gasteiger partial charge in [0.05, 0.1) is 24.7 Å². The summed E-state index contributed by atoms with van der Waals surface area (Å²) in [5, 5.41) is 0. The minimum absolute atomic E-state index is 0.0362. The summed E-state index contributed by atoms with van der Waals surface area (Å²) in [6, 6.07) is -0.428. The van der Waals surface area contributed by atoms with Gasteiger partial charge in [-0.15, -0.1) is 0 Å². The van der Waals surface area contributed by atoms with Crippen LogP contribution in [-0.4, -0.2) is 47.7 Å². The third kappa shape index (κ3) is 2.79. The Hall–Kier alpha value is -1.40. The number of nitrogens with zero attached hydrogens (tertiary/aromatic N) is 3. The van der Waals surface area contributed by atoms with Gasteiger partial charge in [-0.05, 0) is 13.3 Å². The molecule has 0 saturated carbocycles. The number of hydrogen-bond acceptors (Lipinski definition) is 4. The molecular weight excluding hydrogens is 244 g/mol. The van der Waals surface area contributed by atoms with E-state index in [-0.39, 0.29) is 18.0 Å². The lowest BCUT2D eigenvalue weighted by atomic mass is 9.97. The lowest BCUT2D eigenvalue weighted by molar-refractivity contribution is -0.131. The molecule has 0 aromatic carbocycles. The first kappa shape index (κ1) is 14.0. The molecule has 0 spiro atoms. The van der Waals surface area contributed by atoms with Gasteiger partial charge in [0.2, 0.25) is 5.91 Å². The van der Waals surface area contributed by atoms with Crippen molar-refractivity contribution in [3.05, 3.63) is 18.2 Å². The van der Waals surface area contributed by atoms with Crippen molar-refractivity contribution in [1.82, 2.24) is 14.5 Å². The summed E-state index contributed by atoms with van der Waals surface area (Å²) < 4.78 is 7.24. The number of imidazole rings is 1. The van der Waals surface area contributed by atoms with Crippen molar-refractivity contribution in [3.8, 4) is 0 Å². The summed E-state index contributed by atoms with van der Waals surface area (Å²) in [5.74, 6) is 0.339. The normalized spacial score (nSPS) is 22.2. The summed E-state index contributed by atoms with van der Waals surface area (Å²) in [7, 11) is 3.50. The Morgan fingerprint density at radius 1 is 1.63 bits per heavy atom. The molecule has 2 N–H and O–H groups in total. The molecule has 1 aromatic heterocycles. The van der Waals surface area contributed by atoms with E-state index in [4.69, 9.17) is 10.5 Å². The highest BCUT2D eigenvalue weighted by Gasteiger charge is 2.28. The summed E-state index contributed by atoms with van der Waals surface area (Å²) >= 11 is 0. The second-order valence-corrected chi connectivity index (χ2v) is 5.28. The molecule has 2 heterocycles. The van der Waals surface area contributed by atoms with E-state index in [2.05, 4.69) is 4.98 Å². The summed E-state index contributed by atoms with van der Waals surface area (Å²) in [4.78, 5) is 17.8. The maximum Gasteiger partial charge on any atom is 0.244 e. The van der Waals surface area contributed by atoms with Crippen LogP contribution in [0.5, 0.6) is 0 Å². The number of aromatic nitrogens is 2. The van der Waals surface area contributed by atoms with Crippen LogP contribution >= 0.6 is 0 Å². The molecule has 1 aliphatic rings. The molecule has 0 bridgehead atoms. The SMILES string of the molecule is CC(C(=O)N(C)C)n1cncc1C(N)C1CCOC1. The standard InChI is InChI=1S/C13H22N4O2/c1-9(13(18)16(2)3)17-8-15-6-11(17)12(14)10-4-5-19-7-10/h6,8-10,12H,4-5,7,14H2,1-3H3. The number of rotatable bonds is 4. The van der Waals surface area contributed by atoms with Gasteiger partial charge in [-0.3, -0.25) is 4.79 Å². The van der Waals surface area contributed by atoms with Gasteiger partial charge in [-0.2, -0.15) is 0 Å². The fraction of sp³-hybridized carbons (Fsp3) is 0.692. The van der Waals surface area contributed by atoms with Crippen molar-refractivity contribution >= 4 is 5.91 Å². The van der Waals surface area contributed by atoms with Crippen molar-refractivity contribution in [2.45, 2.75) is 25.4 Å². The van der Waals surface area contributed by atoms with Gasteiger partial charge >= 0.3 is 0 Å². The summed E-state index contributed by atoms with van der Waals surface area (Å²) in [6.07, 6.45) is 4.39. The highest BCUT2D eigenvalue weighted by molar-refractivity contribution is 5.79. The van der Waals surface area contributed by atoms with Crippen LogP contribution in [0.1, 0.15) is 31.1 Å². The van der Waals surface area contributed by atoms with Gasteiger partial charge in [0.1, 0.15) is 6.04 Å². The van der Waals surface area contributed by atoms with E-state index in [0.717, 1.165) is 18.7 Å². The average Bonchev–Trinajstić information content (AvgIpc) is 3.06. The molecule has 1 aromatic rings. The van der Waals surface area contributed by atoms with Crippen LogP contribution in [0.2, 0.25) is 0 Å². The van der Waals surface area contributed by atoms with E-state index < -0.39 is 0 Å². The van der Waals surface area contributed by atoms with Crippen LogP contribution in [0.25, 0.3) is 0 Å². The van der Waals surface area contributed by atoms with E-state index in [1.165, 1.54) is 0 Å². The third-order valence-electron chi connectivity index (χ3n) is 3.73. The van der Waals surface area contributed by atoms with E-state index in [0.29, 0.717) is 12.5 Å². The van der Waals surface area contributed by atoms with Crippen LogP contribution < -0.4 is 5.73 Å². The van der Waals surface area contributed by atoms with Crippen LogP contribution in [0, 0.1) is 5.92 Å². The minimum Gasteiger partial charge on any atom is -0.381 e. The van der Waals surface area contributed by atoms with Crippen LogP contribution in [-0.2, 0) is 9.53 Å². The van der Waals surface area contributed by atoms with E-state index >= 15 is 0 Å².